The van der Waals surface area contributed by atoms with Gasteiger partial charge in [-0.25, -0.2) is 14.6 Å². The van der Waals surface area contributed by atoms with Crippen LogP contribution in [0.15, 0.2) is 52.2 Å². The summed E-state index contributed by atoms with van der Waals surface area (Å²) >= 11 is 1.14. The average molecular weight is 424 g/mol. The molecule has 2 N–H and O–H groups in total. The van der Waals surface area contributed by atoms with Crippen molar-refractivity contribution in [1.82, 2.24) is 30.2 Å². The van der Waals surface area contributed by atoms with Crippen molar-refractivity contribution < 1.29 is 14.3 Å². The number of urea groups is 1. The van der Waals surface area contributed by atoms with Gasteiger partial charge in [0.2, 0.25) is 5.16 Å². The lowest BCUT2D eigenvalue weighted by molar-refractivity contribution is -0.139. The summed E-state index contributed by atoms with van der Waals surface area (Å²) in [5.41, 5.74) is 2.80. The van der Waals surface area contributed by atoms with Gasteiger partial charge in [-0.1, -0.05) is 30.3 Å². The smallest absolute Gasteiger partial charge is 0.339 e. The van der Waals surface area contributed by atoms with E-state index in [9.17, 15) is 9.59 Å². The van der Waals surface area contributed by atoms with E-state index < -0.39 is 18.0 Å². The number of ether oxygens (including phenoxy) is 1. The van der Waals surface area contributed by atoms with Gasteiger partial charge in [-0.15, -0.1) is 10.2 Å². The van der Waals surface area contributed by atoms with Crippen LogP contribution in [0.3, 0.4) is 0 Å². The number of nitrogens with one attached hydrogen (secondary N) is 2. The van der Waals surface area contributed by atoms with E-state index in [-0.39, 0.29) is 6.61 Å². The highest BCUT2D eigenvalue weighted by atomic mass is 32.2. The number of nitrogens with zero attached hydrogens (tertiary/aromatic N) is 4. The Morgan fingerprint density at radius 3 is 2.73 bits per heavy atom. The molecule has 0 bridgehead atoms. The predicted octanol–water partition coefficient (Wildman–Crippen LogP) is 2.66. The Kier molecular flexibility index (Phi) is 5.40. The Balaban J connectivity index is 1.83. The van der Waals surface area contributed by atoms with Crippen molar-refractivity contribution in [2.24, 2.45) is 0 Å². The second-order valence-electron chi connectivity index (χ2n) is 6.66. The van der Waals surface area contributed by atoms with Gasteiger partial charge in [-0.05, 0) is 44.2 Å². The Labute approximate surface area is 176 Å². The number of carbonyl (C=O) groups excluding carboxylic acids is 2. The molecule has 2 aromatic heterocycles. The van der Waals surface area contributed by atoms with Gasteiger partial charge in [0.15, 0.2) is 0 Å². The molecule has 0 unspecified atom stereocenters. The summed E-state index contributed by atoms with van der Waals surface area (Å²) < 4.78 is 7.07. The van der Waals surface area contributed by atoms with Crippen LogP contribution in [-0.4, -0.2) is 38.2 Å². The maximum absolute atomic E-state index is 12.9. The van der Waals surface area contributed by atoms with Gasteiger partial charge in [0, 0.05) is 11.4 Å². The summed E-state index contributed by atoms with van der Waals surface area (Å²) in [7, 11) is 0. The van der Waals surface area contributed by atoms with Crippen molar-refractivity contribution in [3.8, 4) is 0 Å². The first-order valence-electron chi connectivity index (χ1n) is 9.39. The number of thioether (sulfide) groups is 1. The largest absolute Gasteiger partial charge is 0.462 e. The molecule has 0 saturated heterocycles. The van der Waals surface area contributed by atoms with Crippen LogP contribution >= 0.6 is 11.8 Å². The fourth-order valence-electron chi connectivity index (χ4n) is 3.29. The Bertz CT molecular complexity index is 1160. The van der Waals surface area contributed by atoms with Gasteiger partial charge in [-0.2, -0.15) is 0 Å². The summed E-state index contributed by atoms with van der Waals surface area (Å²) in [5, 5.41) is 14.7. The van der Waals surface area contributed by atoms with Gasteiger partial charge in [-0.3, -0.25) is 4.40 Å². The number of fused-ring (bicyclic) bond motifs is 1. The maximum atomic E-state index is 12.9. The molecule has 0 radical (unpaired) electrons. The van der Waals surface area contributed by atoms with E-state index in [1.54, 1.807) is 11.3 Å². The highest BCUT2D eigenvalue weighted by Crippen LogP contribution is 2.35. The second-order valence-corrected chi connectivity index (χ2v) is 7.64. The van der Waals surface area contributed by atoms with Crippen molar-refractivity contribution >= 4 is 29.5 Å². The van der Waals surface area contributed by atoms with Crippen molar-refractivity contribution in [2.75, 3.05) is 6.61 Å². The molecule has 30 heavy (non-hydrogen) atoms. The molecule has 1 aliphatic heterocycles. The molecular weight excluding hydrogens is 404 g/mol. The standard InChI is InChI=1S/C20H20N6O3S/c1-4-29-17(27)14-15(13-8-6-5-7-9-13)22-19(28)23-16(14)30-20-25-24-18-21-11(2)10-12(3)26(18)20/h5-10,15H,4H2,1-3H3,(H2,22,23,28)/t15-/m1/s1. The zero-order chi connectivity index (χ0) is 21.3. The molecule has 9 nitrogen and oxygen atoms in total. The average Bonchev–Trinajstić information content (AvgIpc) is 3.11. The molecule has 2 amide bonds. The minimum Gasteiger partial charge on any atom is -0.462 e. The summed E-state index contributed by atoms with van der Waals surface area (Å²) in [6.07, 6.45) is 0. The predicted molar refractivity (Wildman–Crippen MR) is 111 cm³/mol. The highest BCUT2D eigenvalue weighted by molar-refractivity contribution is 8.03. The molecule has 1 aliphatic rings. The third kappa shape index (κ3) is 3.73. The van der Waals surface area contributed by atoms with Crippen LogP contribution in [0.5, 0.6) is 0 Å². The van der Waals surface area contributed by atoms with Crippen molar-refractivity contribution in [3.63, 3.8) is 0 Å². The van der Waals surface area contributed by atoms with Crippen molar-refractivity contribution in [1.29, 1.82) is 0 Å². The highest BCUT2D eigenvalue weighted by Gasteiger charge is 2.35. The van der Waals surface area contributed by atoms with Gasteiger partial charge >= 0.3 is 12.0 Å². The molecule has 0 saturated carbocycles. The van der Waals surface area contributed by atoms with E-state index >= 15 is 0 Å². The molecule has 10 heteroatoms. The third-order valence-electron chi connectivity index (χ3n) is 4.52. The first-order chi connectivity index (χ1) is 14.5. The number of amides is 2. The molecule has 1 aromatic carbocycles. The first kappa shape index (κ1) is 19.9. The monoisotopic (exact) mass is 424 g/mol. The van der Waals surface area contributed by atoms with E-state index in [1.807, 2.05) is 50.2 Å². The lowest BCUT2D eigenvalue weighted by atomic mass is 9.98. The van der Waals surface area contributed by atoms with E-state index in [1.165, 1.54) is 0 Å². The van der Waals surface area contributed by atoms with E-state index in [2.05, 4.69) is 25.8 Å². The summed E-state index contributed by atoms with van der Waals surface area (Å²) in [6.45, 7) is 5.75. The zero-order valence-corrected chi connectivity index (χ0v) is 17.5. The molecule has 0 fully saturated rings. The van der Waals surface area contributed by atoms with Crippen LogP contribution < -0.4 is 10.6 Å². The third-order valence-corrected chi connectivity index (χ3v) is 5.49. The molecule has 3 aromatic rings. The normalized spacial score (nSPS) is 16.4. The number of aryl methyl sites for hydroxylation is 2. The second kappa shape index (κ2) is 8.15. The lowest BCUT2D eigenvalue weighted by Crippen LogP contribution is -2.45. The molecule has 1 atom stereocenters. The lowest BCUT2D eigenvalue weighted by Gasteiger charge is -2.28. The van der Waals surface area contributed by atoms with Crippen molar-refractivity contribution in [2.45, 2.75) is 32.0 Å². The molecular formula is C20H20N6O3S. The molecule has 0 aliphatic carbocycles. The minimum atomic E-state index is -0.651. The molecule has 3 heterocycles. The molecule has 0 spiro atoms. The van der Waals surface area contributed by atoms with Crippen LogP contribution in [0.25, 0.3) is 5.78 Å². The summed E-state index contributed by atoms with van der Waals surface area (Å²) in [4.78, 5) is 29.7. The quantitative estimate of drug-likeness (QED) is 0.606. The van der Waals surface area contributed by atoms with Crippen molar-refractivity contribution in [3.05, 3.63) is 64.0 Å². The topological polar surface area (TPSA) is 111 Å². The summed E-state index contributed by atoms with van der Waals surface area (Å²) in [5.74, 6) is -0.0611. The fourth-order valence-corrected chi connectivity index (χ4v) is 4.33. The van der Waals surface area contributed by atoms with Gasteiger partial charge in [0.25, 0.3) is 5.78 Å². The van der Waals surface area contributed by atoms with Crippen LogP contribution in [0.4, 0.5) is 4.79 Å². The fraction of sp³-hybridized carbons (Fsp3) is 0.250. The van der Waals surface area contributed by atoms with E-state index in [4.69, 9.17) is 4.74 Å². The number of aromatic nitrogens is 4. The Morgan fingerprint density at radius 2 is 2.00 bits per heavy atom. The van der Waals surface area contributed by atoms with E-state index in [0.717, 1.165) is 28.7 Å². The maximum Gasteiger partial charge on any atom is 0.339 e. The Morgan fingerprint density at radius 1 is 1.23 bits per heavy atom. The van der Waals surface area contributed by atoms with Gasteiger partial charge < -0.3 is 15.4 Å². The number of hydrogen-bond donors (Lipinski definition) is 2. The Hall–Kier alpha value is -3.40. The van der Waals surface area contributed by atoms with Crippen LogP contribution in [0.2, 0.25) is 0 Å². The molecule has 4 rings (SSSR count). The minimum absolute atomic E-state index is 0.214. The van der Waals surface area contributed by atoms with Gasteiger partial charge in [0.05, 0.1) is 23.3 Å². The number of carbonyl (C=O) groups is 2. The van der Waals surface area contributed by atoms with E-state index in [0.29, 0.717) is 21.5 Å². The zero-order valence-electron chi connectivity index (χ0n) is 16.7. The number of benzene rings is 1. The van der Waals surface area contributed by atoms with Crippen LogP contribution in [0.1, 0.15) is 29.9 Å². The van der Waals surface area contributed by atoms with Crippen LogP contribution in [-0.2, 0) is 9.53 Å². The number of rotatable bonds is 5. The summed E-state index contributed by atoms with van der Waals surface area (Å²) in [6, 6.07) is 10.1. The first-order valence-corrected chi connectivity index (χ1v) is 10.2. The number of hydrogen-bond acceptors (Lipinski definition) is 7. The van der Waals surface area contributed by atoms with Gasteiger partial charge in [0.1, 0.15) is 0 Å². The van der Waals surface area contributed by atoms with Crippen LogP contribution in [0, 0.1) is 13.8 Å². The SMILES string of the molecule is CCOC(=O)C1=C(Sc2nnc3nc(C)cc(C)n23)NC(=O)N[C@@H]1c1ccccc1. The molecule has 154 valence electrons. The number of esters is 1.